The lowest BCUT2D eigenvalue weighted by molar-refractivity contribution is -0.120. The highest BCUT2D eigenvalue weighted by atomic mass is 32.2. The molecule has 172 valence electrons. The van der Waals surface area contributed by atoms with E-state index in [1.54, 1.807) is 0 Å². The minimum atomic E-state index is -0.262. The van der Waals surface area contributed by atoms with E-state index in [-0.39, 0.29) is 16.7 Å². The van der Waals surface area contributed by atoms with Gasteiger partial charge in [0, 0.05) is 28.5 Å². The molecule has 0 aliphatic rings. The highest BCUT2D eigenvalue weighted by Gasteiger charge is 2.16. The van der Waals surface area contributed by atoms with Crippen LogP contribution in [-0.2, 0) is 17.1 Å². The van der Waals surface area contributed by atoms with Crippen LogP contribution in [0.3, 0.4) is 0 Å². The fourth-order valence-corrected chi connectivity index (χ4v) is 5.65. The molecular formula is C25H28N4O2S2. The summed E-state index contributed by atoms with van der Waals surface area (Å²) in [5.74, 6) is 1.04. The van der Waals surface area contributed by atoms with Gasteiger partial charge in [0.25, 0.3) is 5.56 Å². The van der Waals surface area contributed by atoms with Gasteiger partial charge in [-0.3, -0.25) is 9.59 Å². The molecule has 3 heterocycles. The Kier molecular flexibility index (Phi) is 6.76. The summed E-state index contributed by atoms with van der Waals surface area (Å²) >= 11 is 3.00. The van der Waals surface area contributed by atoms with Crippen molar-refractivity contribution >= 4 is 39.2 Å². The van der Waals surface area contributed by atoms with Gasteiger partial charge in [0.2, 0.25) is 5.91 Å². The molecule has 1 amide bonds. The molecule has 0 fully saturated rings. The Hall–Kier alpha value is -2.84. The molecule has 0 aliphatic carbocycles. The van der Waals surface area contributed by atoms with Crippen molar-refractivity contribution < 1.29 is 4.79 Å². The zero-order valence-corrected chi connectivity index (χ0v) is 21.1. The van der Waals surface area contributed by atoms with Crippen LogP contribution in [-0.4, -0.2) is 25.7 Å². The van der Waals surface area contributed by atoms with Crippen LogP contribution in [0.2, 0.25) is 0 Å². The average Bonchev–Trinajstić information content (AvgIpc) is 3.28. The third-order valence-corrected chi connectivity index (χ3v) is 8.12. The lowest BCUT2D eigenvalue weighted by atomic mass is 10.2. The molecule has 0 radical (unpaired) electrons. The smallest absolute Gasteiger partial charge is 0.259 e. The molecule has 1 aromatic carbocycles. The number of amides is 1. The Morgan fingerprint density at radius 1 is 1.12 bits per heavy atom. The van der Waals surface area contributed by atoms with E-state index in [1.807, 2.05) is 32.9 Å². The van der Waals surface area contributed by atoms with Gasteiger partial charge in [-0.05, 0) is 70.0 Å². The highest BCUT2D eigenvalue weighted by Crippen LogP contribution is 2.26. The van der Waals surface area contributed by atoms with Crippen LogP contribution in [0.5, 0.6) is 0 Å². The number of rotatable bonds is 7. The third kappa shape index (κ3) is 4.91. The van der Waals surface area contributed by atoms with Crippen molar-refractivity contribution in [3.8, 4) is 5.69 Å². The predicted molar refractivity (Wildman–Crippen MR) is 138 cm³/mol. The predicted octanol–water partition coefficient (Wildman–Crippen LogP) is 4.95. The van der Waals surface area contributed by atoms with Gasteiger partial charge in [-0.2, -0.15) is 0 Å². The Labute approximate surface area is 201 Å². The summed E-state index contributed by atoms with van der Waals surface area (Å²) in [6.07, 6.45) is 0. The van der Waals surface area contributed by atoms with Gasteiger partial charge in [0.05, 0.1) is 16.4 Å². The van der Waals surface area contributed by atoms with Crippen LogP contribution in [0.25, 0.3) is 15.9 Å². The van der Waals surface area contributed by atoms with E-state index in [0.717, 1.165) is 26.5 Å². The minimum absolute atomic E-state index is 0.0348. The second-order valence-electron chi connectivity index (χ2n) is 8.27. The van der Waals surface area contributed by atoms with Crippen molar-refractivity contribution in [3.05, 3.63) is 80.0 Å². The molecule has 4 rings (SSSR count). The van der Waals surface area contributed by atoms with Crippen molar-refractivity contribution in [1.82, 2.24) is 19.9 Å². The lowest BCUT2D eigenvalue weighted by Gasteiger charge is -2.13. The summed E-state index contributed by atoms with van der Waals surface area (Å²) in [7, 11) is 0. The maximum atomic E-state index is 12.6. The number of benzene rings is 1. The Morgan fingerprint density at radius 2 is 1.79 bits per heavy atom. The number of nitrogens with zero attached hydrogens (tertiary/aromatic N) is 2. The molecule has 0 bridgehead atoms. The monoisotopic (exact) mass is 480 g/mol. The Morgan fingerprint density at radius 3 is 2.45 bits per heavy atom. The van der Waals surface area contributed by atoms with E-state index in [0.29, 0.717) is 23.5 Å². The quantitative estimate of drug-likeness (QED) is 0.392. The van der Waals surface area contributed by atoms with Gasteiger partial charge in [-0.25, -0.2) is 4.98 Å². The number of aromatic amines is 1. The zero-order chi connectivity index (χ0) is 23.7. The summed E-state index contributed by atoms with van der Waals surface area (Å²) in [6, 6.07) is 12.4. The maximum absolute atomic E-state index is 12.6. The summed E-state index contributed by atoms with van der Waals surface area (Å²) in [4.78, 5) is 34.3. The number of hydrogen-bond acceptors (Lipinski definition) is 5. The van der Waals surface area contributed by atoms with Crippen LogP contribution in [0, 0.1) is 27.7 Å². The Balaban J connectivity index is 1.33. The van der Waals surface area contributed by atoms with Gasteiger partial charge in [0.15, 0.2) is 0 Å². The lowest BCUT2D eigenvalue weighted by Crippen LogP contribution is -2.30. The molecule has 0 aliphatic heterocycles. The van der Waals surface area contributed by atoms with E-state index in [1.165, 1.54) is 34.5 Å². The van der Waals surface area contributed by atoms with Crippen molar-refractivity contribution in [2.45, 2.75) is 52.2 Å². The molecule has 33 heavy (non-hydrogen) atoms. The van der Waals surface area contributed by atoms with E-state index in [2.05, 4.69) is 58.0 Å². The number of thioether (sulfide) groups is 1. The number of H-pyrrole nitrogens is 1. The SMILES string of the molecule is Cc1sc2nc(CSC(C)C(=O)NCc3ccc(-n4c(C)ccc4C)cc3)[nH]c(=O)c2c1C. The van der Waals surface area contributed by atoms with Gasteiger partial charge in [-0.15, -0.1) is 23.1 Å². The van der Waals surface area contributed by atoms with Crippen molar-refractivity contribution in [1.29, 1.82) is 0 Å². The molecular weight excluding hydrogens is 452 g/mol. The second kappa shape index (κ2) is 9.57. The van der Waals surface area contributed by atoms with Gasteiger partial charge >= 0.3 is 0 Å². The fraction of sp³-hybridized carbons (Fsp3) is 0.320. The number of aryl methyl sites for hydroxylation is 4. The molecule has 4 aromatic rings. The molecule has 0 saturated carbocycles. The van der Waals surface area contributed by atoms with Crippen LogP contribution in [0.15, 0.2) is 41.2 Å². The van der Waals surface area contributed by atoms with Crippen LogP contribution in [0.1, 0.15) is 40.1 Å². The summed E-state index contributed by atoms with van der Waals surface area (Å²) < 4.78 is 2.20. The topological polar surface area (TPSA) is 79.8 Å². The van der Waals surface area contributed by atoms with E-state index < -0.39 is 0 Å². The van der Waals surface area contributed by atoms with E-state index in [9.17, 15) is 9.59 Å². The zero-order valence-electron chi connectivity index (χ0n) is 19.5. The first-order chi connectivity index (χ1) is 15.7. The normalized spacial score (nSPS) is 12.3. The Bertz CT molecular complexity index is 1350. The standard InChI is InChI=1S/C25H28N4O2S2/c1-14-6-7-15(2)29(14)20-10-8-19(9-11-20)12-26-23(30)18(5)32-13-21-27-24(31)22-16(3)17(4)33-25(22)28-21/h6-11,18H,12-13H2,1-5H3,(H,26,30)(H,27,28,31). The first-order valence-electron chi connectivity index (χ1n) is 10.9. The van der Waals surface area contributed by atoms with E-state index in [4.69, 9.17) is 0 Å². The molecule has 1 unspecified atom stereocenters. The van der Waals surface area contributed by atoms with Gasteiger partial charge in [0.1, 0.15) is 10.7 Å². The van der Waals surface area contributed by atoms with Crippen LogP contribution >= 0.6 is 23.1 Å². The number of nitrogens with one attached hydrogen (secondary N) is 2. The van der Waals surface area contributed by atoms with Gasteiger partial charge < -0.3 is 14.9 Å². The van der Waals surface area contributed by atoms with Crippen LogP contribution < -0.4 is 10.9 Å². The molecule has 8 heteroatoms. The maximum Gasteiger partial charge on any atom is 0.259 e. The molecule has 1 atom stereocenters. The number of fused-ring (bicyclic) bond motifs is 1. The summed E-state index contributed by atoms with van der Waals surface area (Å²) in [5.41, 5.74) is 5.43. The molecule has 6 nitrogen and oxygen atoms in total. The highest BCUT2D eigenvalue weighted by molar-refractivity contribution is 7.99. The number of carbonyl (C=O) groups is 1. The average molecular weight is 481 g/mol. The number of thiophene rings is 1. The molecule has 0 saturated heterocycles. The first-order valence-corrected chi connectivity index (χ1v) is 12.7. The summed E-state index contributed by atoms with van der Waals surface area (Å²) in [5, 5.41) is 3.42. The van der Waals surface area contributed by atoms with Crippen molar-refractivity contribution in [2.24, 2.45) is 0 Å². The van der Waals surface area contributed by atoms with Crippen molar-refractivity contribution in [2.75, 3.05) is 0 Å². The van der Waals surface area contributed by atoms with E-state index >= 15 is 0 Å². The largest absolute Gasteiger partial charge is 0.351 e. The molecule has 3 aromatic heterocycles. The molecule has 0 spiro atoms. The number of carbonyl (C=O) groups excluding carboxylic acids is 1. The minimum Gasteiger partial charge on any atom is -0.351 e. The fourth-order valence-electron chi connectivity index (χ4n) is 3.82. The second-order valence-corrected chi connectivity index (χ2v) is 10.8. The van der Waals surface area contributed by atoms with Crippen LogP contribution in [0.4, 0.5) is 0 Å². The number of hydrogen-bond donors (Lipinski definition) is 2. The third-order valence-electron chi connectivity index (χ3n) is 5.86. The van der Waals surface area contributed by atoms with Gasteiger partial charge in [-0.1, -0.05) is 12.1 Å². The number of aromatic nitrogens is 3. The van der Waals surface area contributed by atoms with Crippen molar-refractivity contribution in [3.63, 3.8) is 0 Å². The molecule has 2 N–H and O–H groups in total. The summed E-state index contributed by atoms with van der Waals surface area (Å²) in [6.45, 7) is 10.5. The first kappa shape index (κ1) is 23.3.